The molecule has 1 unspecified atom stereocenters. The molecular weight excluding hydrogens is 320 g/mol. The number of fused-ring (bicyclic) bond motifs is 2. The molecule has 0 spiro atoms. The molecule has 0 saturated heterocycles. The quantitative estimate of drug-likeness (QED) is 0.783. The van der Waals surface area contributed by atoms with Gasteiger partial charge in [0.2, 0.25) is 5.91 Å². The van der Waals surface area contributed by atoms with Gasteiger partial charge in [0, 0.05) is 37.8 Å². The lowest BCUT2D eigenvalue weighted by Crippen LogP contribution is -2.27. The number of hydrogen-bond donors (Lipinski definition) is 0. The van der Waals surface area contributed by atoms with E-state index in [0.717, 1.165) is 24.2 Å². The topological polar surface area (TPSA) is 52.9 Å². The molecule has 1 aromatic heterocycles. The van der Waals surface area contributed by atoms with Crippen molar-refractivity contribution in [2.24, 2.45) is 0 Å². The van der Waals surface area contributed by atoms with Crippen LogP contribution in [-0.2, 0) is 22.6 Å². The Morgan fingerprint density at radius 2 is 1.96 bits per heavy atom. The number of hydroxylamine groups is 2. The predicted octanol–water partition coefficient (Wildman–Crippen LogP) is 2.60. The Balaban J connectivity index is 2.09. The molecule has 25 heavy (non-hydrogen) atoms. The van der Waals surface area contributed by atoms with Gasteiger partial charge in [-0.3, -0.25) is 9.63 Å². The molecule has 2 aromatic rings. The summed E-state index contributed by atoms with van der Waals surface area (Å²) >= 11 is 0. The lowest BCUT2D eigenvalue weighted by atomic mass is 9.88. The van der Waals surface area contributed by atoms with Crippen molar-refractivity contribution in [2.45, 2.75) is 25.3 Å². The number of aromatic nitrogens is 1. The zero-order valence-electron chi connectivity index (χ0n) is 15.1. The second-order valence-corrected chi connectivity index (χ2v) is 6.11. The smallest absolute Gasteiger partial charge is 0.246 e. The van der Waals surface area contributed by atoms with Crippen molar-refractivity contribution in [3.8, 4) is 11.5 Å². The largest absolute Gasteiger partial charge is 0.493 e. The maximum atomic E-state index is 12.5. The van der Waals surface area contributed by atoms with Crippen molar-refractivity contribution in [1.82, 2.24) is 9.63 Å². The molecule has 3 rings (SSSR count). The first kappa shape index (κ1) is 17.4. The molecule has 1 aliphatic heterocycles. The predicted molar refractivity (Wildman–Crippen MR) is 93.9 cm³/mol. The summed E-state index contributed by atoms with van der Waals surface area (Å²) in [5.74, 6) is 1.27. The third-order valence-corrected chi connectivity index (χ3v) is 4.87. The second kappa shape index (κ2) is 7.19. The molecule has 0 N–H and O–H groups in total. The van der Waals surface area contributed by atoms with Gasteiger partial charge in [0.1, 0.15) is 0 Å². The monoisotopic (exact) mass is 344 g/mol. The summed E-state index contributed by atoms with van der Waals surface area (Å²) in [5, 5.41) is 1.28. The van der Waals surface area contributed by atoms with Crippen molar-refractivity contribution in [3.63, 3.8) is 0 Å². The van der Waals surface area contributed by atoms with E-state index in [1.54, 1.807) is 21.3 Å². The van der Waals surface area contributed by atoms with Crippen LogP contribution in [0.25, 0.3) is 0 Å². The van der Waals surface area contributed by atoms with Gasteiger partial charge in [0.05, 0.1) is 21.3 Å². The summed E-state index contributed by atoms with van der Waals surface area (Å²) in [5.41, 5.74) is 3.41. The van der Waals surface area contributed by atoms with Crippen LogP contribution in [0.2, 0.25) is 0 Å². The van der Waals surface area contributed by atoms with Crippen LogP contribution in [-0.4, -0.2) is 43.9 Å². The number of aryl methyl sites for hydroxylation is 2. The van der Waals surface area contributed by atoms with Gasteiger partial charge in [-0.05, 0) is 41.8 Å². The summed E-state index contributed by atoms with van der Waals surface area (Å²) < 4.78 is 13.1. The van der Waals surface area contributed by atoms with Crippen molar-refractivity contribution in [3.05, 3.63) is 47.3 Å². The molecule has 6 heteroatoms. The first-order valence-electron chi connectivity index (χ1n) is 8.29. The number of rotatable bonds is 5. The van der Waals surface area contributed by atoms with E-state index in [2.05, 4.69) is 16.8 Å². The molecule has 0 aliphatic carbocycles. The average Bonchev–Trinajstić information content (AvgIpc) is 3.06. The van der Waals surface area contributed by atoms with Crippen molar-refractivity contribution in [1.29, 1.82) is 0 Å². The van der Waals surface area contributed by atoms with Crippen LogP contribution in [0, 0.1) is 0 Å². The highest BCUT2D eigenvalue weighted by Crippen LogP contribution is 2.40. The minimum absolute atomic E-state index is 0.0580. The van der Waals surface area contributed by atoms with Crippen molar-refractivity contribution >= 4 is 5.91 Å². The molecule has 0 bridgehead atoms. The van der Waals surface area contributed by atoms with Gasteiger partial charge in [0.25, 0.3) is 0 Å². The number of benzene rings is 1. The van der Waals surface area contributed by atoms with Gasteiger partial charge in [-0.2, -0.15) is 0 Å². The maximum Gasteiger partial charge on any atom is 0.246 e. The number of ether oxygens (including phenoxy) is 2. The van der Waals surface area contributed by atoms with Gasteiger partial charge < -0.3 is 14.0 Å². The summed E-state index contributed by atoms with van der Waals surface area (Å²) in [6, 6.07) is 8.13. The fraction of sp³-hybridized carbons (Fsp3) is 0.421. The molecular formula is C19H24N2O4. The van der Waals surface area contributed by atoms with Gasteiger partial charge in [-0.25, -0.2) is 5.06 Å². The Morgan fingerprint density at radius 1 is 1.24 bits per heavy atom. The number of amides is 1. The lowest BCUT2D eigenvalue weighted by Gasteiger charge is -2.22. The van der Waals surface area contributed by atoms with Crippen LogP contribution in [0.3, 0.4) is 0 Å². The third kappa shape index (κ3) is 3.22. The van der Waals surface area contributed by atoms with E-state index in [1.165, 1.54) is 17.7 Å². The Hall–Kier alpha value is -2.47. The fourth-order valence-electron chi connectivity index (χ4n) is 3.44. The van der Waals surface area contributed by atoms with E-state index in [1.807, 2.05) is 18.2 Å². The normalized spacial score (nSPS) is 15.8. The van der Waals surface area contributed by atoms with Crippen molar-refractivity contribution < 1.29 is 19.1 Å². The van der Waals surface area contributed by atoms with E-state index in [4.69, 9.17) is 14.3 Å². The summed E-state index contributed by atoms with van der Waals surface area (Å²) in [7, 11) is 6.39. The second-order valence-electron chi connectivity index (χ2n) is 6.11. The highest BCUT2D eigenvalue weighted by Gasteiger charge is 2.28. The molecule has 0 saturated carbocycles. The van der Waals surface area contributed by atoms with E-state index in [9.17, 15) is 4.79 Å². The Morgan fingerprint density at radius 3 is 2.64 bits per heavy atom. The molecule has 1 aliphatic rings. The molecule has 0 fully saturated rings. The molecule has 2 heterocycles. The standard InChI is InChI=1S/C19H24N2O4/c1-20(25-4)19(22)12-15-14-11-18(24-3)17(23-2)10-13(14)7-9-21-8-5-6-16(15)21/h5-6,8,10-11,15H,7,9,12H2,1-4H3. The first-order valence-corrected chi connectivity index (χ1v) is 8.29. The Labute approximate surface area is 147 Å². The van der Waals surface area contributed by atoms with Gasteiger partial charge >= 0.3 is 0 Å². The fourth-order valence-corrected chi connectivity index (χ4v) is 3.44. The molecule has 134 valence electrons. The number of hydrogen-bond acceptors (Lipinski definition) is 4. The highest BCUT2D eigenvalue weighted by atomic mass is 16.7. The van der Waals surface area contributed by atoms with E-state index in [-0.39, 0.29) is 11.8 Å². The number of carbonyl (C=O) groups excluding carboxylic acids is 1. The van der Waals surface area contributed by atoms with E-state index >= 15 is 0 Å². The third-order valence-electron chi connectivity index (χ3n) is 4.87. The van der Waals surface area contributed by atoms with Crippen LogP contribution >= 0.6 is 0 Å². The van der Waals surface area contributed by atoms with Gasteiger partial charge in [-0.15, -0.1) is 0 Å². The van der Waals surface area contributed by atoms with Crippen molar-refractivity contribution in [2.75, 3.05) is 28.4 Å². The van der Waals surface area contributed by atoms with E-state index < -0.39 is 0 Å². The zero-order valence-corrected chi connectivity index (χ0v) is 15.1. The number of nitrogens with zero attached hydrogens (tertiary/aromatic N) is 2. The summed E-state index contributed by atoms with van der Waals surface area (Å²) in [6.07, 6.45) is 3.27. The van der Waals surface area contributed by atoms with Crippen LogP contribution in [0.4, 0.5) is 0 Å². The molecule has 1 aromatic carbocycles. The Kier molecular flexibility index (Phi) is 4.99. The minimum Gasteiger partial charge on any atom is -0.493 e. The molecule has 0 radical (unpaired) electrons. The van der Waals surface area contributed by atoms with Gasteiger partial charge in [0.15, 0.2) is 11.5 Å². The summed E-state index contributed by atoms with van der Waals surface area (Å²) in [4.78, 5) is 17.6. The van der Waals surface area contributed by atoms with Crippen LogP contribution < -0.4 is 9.47 Å². The molecule has 1 atom stereocenters. The molecule has 1 amide bonds. The summed E-state index contributed by atoms with van der Waals surface area (Å²) in [6.45, 7) is 0.871. The zero-order chi connectivity index (χ0) is 18.0. The first-order chi connectivity index (χ1) is 12.1. The minimum atomic E-state index is -0.0668. The van der Waals surface area contributed by atoms with E-state index in [0.29, 0.717) is 17.9 Å². The number of carbonyl (C=O) groups is 1. The van der Waals surface area contributed by atoms with Crippen LogP contribution in [0.1, 0.15) is 29.2 Å². The SMILES string of the molecule is COc1cc2c(cc1OC)C(CC(=O)N(C)OC)c1cccn1CC2. The average molecular weight is 344 g/mol. The van der Waals surface area contributed by atoms with Crippen LogP contribution in [0.5, 0.6) is 11.5 Å². The highest BCUT2D eigenvalue weighted by molar-refractivity contribution is 5.76. The van der Waals surface area contributed by atoms with Crippen LogP contribution in [0.15, 0.2) is 30.5 Å². The number of methoxy groups -OCH3 is 2. The lowest BCUT2D eigenvalue weighted by molar-refractivity contribution is -0.168. The van der Waals surface area contributed by atoms with Gasteiger partial charge in [-0.1, -0.05) is 0 Å². The Bertz CT molecular complexity index is 769. The maximum absolute atomic E-state index is 12.5. The molecule has 6 nitrogen and oxygen atoms in total.